The Hall–Kier alpha value is -1.66. The van der Waals surface area contributed by atoms with Gasteiger partial charge in [0.1, 0.15) is 0 Å². The van der Waals surface area contributed by atoms with Crippen LogP contribution in [-0.2, 0) is 4.79 Å². The molecule has 104 valence electrons. The number of likely N-dealkylation sites (tertiary alicyclic amines) is 1. The molecule has 0 bridgehead atoms. The van der Waals surface area contributed by atoms with Crippen LogP contribution in [0.1, 0.15) is 23.9 Å². The highest BCUT2D eigenvalue weighted by Crippen LogP contribution is 2.14. The molecule has 1 aromatic heterocycles. The van der Waals surface area contributed by atoms with Gasteiger partial charge in [0.2, 0.25) is 5.91 Å². The maximum Gasteiger partial charge on any atom is 0.293 e. The summed E-state index contributed by atoms with van der Waals surface area (Å²) in [6.07, 6.45) is 2.37. The highest BCUT2D eigenvalue weighted by atomic mass is 16.3. The number of carbonyl (C=O) groups excluding carboxylic acids is 2. The maximum absolute atomic E-state index is 11.7. The lowest BCUT2D eigenvalue weighted by Gasteiger charge is -2.34. The summed E-state index contributed by atoms with van der Waals surface area (Å²) in [7, 11) is 0. The molecule has 1 aliphatic rings. The summed E-state index contributed by atoms with van der Waals surface area (Å²) in [5.74, 6) is -0.228. The van der Waals surface area contributed by atoms with Crippen LogP contribution in [-0.4, -0.2) is 42.4 Å². The molecule has 6 heteroatoms. The number of rotatable bonds is 3. The Morgan fingerprint density at radius 1 is 1.58 bits per heavy atom. The second kappa shape index (κ2) is 5.99. The summed E-state index contributed by atoms with van der Waals surface area (Å²) in [5.41, 5.74) is 5.97. The second-order valence-electron chi connectivity index (χ2n) is 5.02. The van der Waals surface area contributed by atoms with Crippen molar-refractivity contribution in [2.75, 3.05) is 19.6 Å². The van der Waals surface area contributed by atoms with E-state index in [-0.39, 0.29) is 24.3 Å². The number of hydrogen-bond donors (Lipinski definition) is 2. The molecule has 0 saturated carbocycles. The summed E-state index contributed by atoms with van der Waals surface area (Å²) >= 11 is 0. The number of carbonyl (C=O) groups is 2. The summed E-state index contributed by atoms with van der Waals surface area (Å²) in [4.78, 5) is 25.3. The van der Waals surface area contributed by atoms with Gasteiger partial charge in [0.05, 0.1) is 12.8 Å². The molecule has 0 aromatic carbocycles. The zero-order chi connectivity index (χ0) is 13.8. The average molecular weight is 265 g/mol. The van der Waals surface area contributed by atoms with Crippen LogP contribution in [0.4, 0.5) is 0 Å². The first-order valence-corrected chi connectivity index (χ1v) is 6.42. The van der Waals surface area contributed by atoms with Crippen molar-refractivity contribution in [1.82, 2.24) is 10.2 Å². The molecule has 0 aliphatic carbocycles. The standard InChI is InChI=1S/C13H19N3O3/c1-9-4-5-16(7-10(9)14)8-12(17)15-13(18)11-3-2-6-19-11/h2-3,6,9-10H,4-5,7-8,14H2,1H3,(H,15,17,18). The van der Waals surface area contributed by atoms with E-state index in [9.17, 15) is 9.59 Å². The lowest BCUT2D eigenvalue weighted by atomic mass is 9.94. The zero-order valence-electron chi connectivity index (χ0n) is 11.0. The fourth-order valence-corrected chi connectivity index (χ4v) is 2.15. The number of imide groups is 1. The molecule has 1 fully saturated rings. The van der Waals surface area contributed by atoms with E-state index < -0.39 is 5.91 Å². The predicted molar refractivity (Wildman–Crippen MR) is 69.4 cm³/mol. The first-order chi connectivity index (χ1) is 9.06. The van der Waals surface area contributed by atoms with Gasteiger partial charge in [-0.05, 0) is 31.0 Å². The number of nitrogens with two attached hydrogens (primary N) is 1. The summed E-state index contributed by atoms with van der Waals surface area (Å²) < 4.78 is 4.92. The number of hydrogen-bond acceptors (Lipinski definition) is 5. The molecule has 0 radical (unpaired) electrons. The molecule has 2 unspecified atom stereocenters. The van der Waals surface area contributed by atoms with Crippen molar-refractivity contribution in [3.8, 4) is 0 Å². The van der Waals surface area contributed by atoms with Gasteiger partial charge in [0, 0.05) is 12.6 Å². The SMILES string of the molecule is CC1CCN(CC(=O)NC(=O)c2ccco2)CC1N. The molecule has 1 saturated heterocycles. The Morgan fingerprint density at radius 3 is 3.00 bits per heavy atom. The molecule has 6 nitrogen and oxygen atoms in total. The molecular weight excluding hydrogens is 246 g/mol. The zero-order valence-corrected chi connectivity index (χ0v) is 11.0. The third kappa shape index (κ3) is 3.65. The lowest BCUT2D eigenvalue weighted by Crippen LogP contribution is -2.50. The first kappa shape index (κ1) is 13.8. The van der Waals surface area contributed by atoms with Gasteiger partial charge in [-0.3, -0.25) is 19.8 Å². The van der Waals surface area contributed by atoms with Crippen molar-refractivity contribution in [3.63, 3.8) is 0 Å². The molecule has 2 atom stereocenters. The van der Waals surface area contributed by atoms with E-state index in [1.54, 1.807) is 6.07 Å². The number of nitrogens with one attached hydrogen (secondary N) is 1. The van der Waals surface area contributed by atoms with Gasteiger partial charge in [-0.2, -0.15) is 0 Å². The van der Waals surface area contributed by atoms with Gasteiger partial charge in [-0.15, -0.1) is 0 Å². The van der Waals surface area contributed by atoms with Crippen molar-refractivity contribution in [1.29, 1.82) is 0 Å². The van der Waals surface area contributed by atoms with Crippen LogP contribution in [0.15, 0.2) is 22.8 Å². The van der Waals surface area contributed by atoms with Crippen LogP contribution in [0.5, 0.6) is 0 Å². The van der Waals surface area contributed by atoms with E-state index in [0.29, 0.717) is 12.5 Å². The van der Waals surface area contributed by atoms with Crippen molar-refractivity contribution in [2.24, 2.45) is 11.7 Å². The van der Waals surface area contributed by atoms with Gasteiger partial charge in [-0.1, -0.05) is 6.92 Å². The van der Waals surface area contributed by atoms with Gasteiger partial charge in [-0.25, -0.2) is 0 Å². The van der Waals surface area contributed by atoms with Crippen LogP contribution in [0.2, 0.25) is 0 Å². The van der Waals surface area contributed by atoms with Crippen LogP contribution in [0.25, 0.3) is 0 Å². The quantitative estimate of drug-likeness (QED) is 0.815. The fourth-order valence-electron chi connectivity index (χ4n) is 2.15. The Labute approximate surface area is 111 Å². The fraction of sp³-hybridized carbons (Fsp3) is 0.538. The largest absolute Gasteiger partial charge is 0.459 e. The molecule has 2 heterocycles. The lowest BCUT2D eigenvalue weighted by molar-refractivity contribution is -0.121. The van der Waals surface area contributed by atoms with E-state index in [4.69, 9.17) is 10.2 Å². The van der Waals surface area contributed by atoms with E-state index >= 15 is 0 Å². The van der Waals surface area contributed by atoms with E-state index in [1.165, 1.54) is 12.3 Å². The van der Waals surface area contributed by atoms with Gasteiger partial charge in [0.15, 0.2) is 5.76 Å². The van der Waals surface area contributed by atoms with Gasteiger partial charge >= 0.3 is 0 Å². The molecule has 2 rings (SSSR count). The number of nitrogens with zero attached hydrogens (tertiary/aromatic N) is 1. The molecule has 19 heavy (non-hydrogen) atoms. The third-order valence-corrected chi connectivity index (χ3v) is 3.47. The van der Waals surface area contributed by atoms with Crippen LogP contribution in [0, 0.1) is 5.92 Å². The first-order valence-electron chi connectivity index (χ1n) is 6.42. The highest BCUT2D eigenvalue weighted by Gasteiger charge is 2.25. The molecule has 0 spiro atoms. The smallest absolute Gasteiger partial charge is 0.293 e. The summed E-state index contributed by atoms with van der Waals surface area (Å²) in [5, 5.41) is 2.30. The molecule has 2 amide bonds. The Balaban J connectivity index is 1.80. The van der Waals surface area contributed by atoms with Gasteiger partial charge in [0.25, 0.3) is 5.91 Å². The van der Waals surface area contributed by atoms with Crippen LogP contribution in [0.3, 0.4) is 0 Å². The summed E-state index contributed by atoms with van der Waals surface area (Å²) in [6.45, 7) is 3.82. The minimum atomic E-state index is -0.510. The minimum Gasteiger partial charge on any atom is -0.459 e. The second-order valence-corrected chi connectivity index (χ2v) is 5.02. The molecule has 1 aliphatic heterocycles. The highest BCUT2D eigenvalue weighted by molar-refractivity contribution is 6.03. The van der Waals surface area contributed by atoms with Crippen molar-refractivity contribution < 1.29 is 14.0 Å². The predicted octanol–water partition coefficient (Wildman–Crippen LogP) is 0.205. The Bertz CT molecular complexity index is 444. The van der Waals surface area contributed by atoms with Crippen molar-refractivity contribution >= 4 is 11.8 Å². The Morgan fingerprint density at radius 2 is 2.37 bits per heavy atom. The maximum atomic E-state index is 11.7. The molecular formula is C13H19N3O3. The minimum absolute atomic E-state index is 0.0855. The van der Waals surface area contributed by atoms with Gasteiger partial charge < -0.3 is 10.2 Å². The summed E-state index contributed by atoms with van der Waals surface area (Å²) in [6, 6.07) is 3.20. The average Bonchev–Trinajstić information content (AvgIpc) is 2.87. The number of furan rings is 1. The third-order valence-electron chi connectivity index (χ3n) is 3.47. The number of piperidine rings is 1. The van der Waals surface area contributed by atoms with Crippen LogP contribution >= 0.6 is 0 Å². The van der Waals surface area contributed by atoms with E-state index in [1.807, 2.05) is 4.90 Å². The number of amides is 2. The van der Waals surface area contributed by atoms with Crippen molar-refractivity contribution in [2.45, 2.75) is 19.4 Å². The normalized spacial score (nSPS) is 24.1. The van der Waals surface area contributed by atoms with E-state index in [0.717, 1.165) is 13.0 Å². The molecule has 3 N–H and O–H groups in total. The van der Waals surface area contributed by atoms with Crippen molar-refractivity contribution in [3.05, 3.63) is 24.2 Å². The van der Waals surface area contributed by atoms with E-state index in [2.05, 4.69) is 12.2 Å². The molecule has 1 aromatic rings. The van der Waals surface area contributed by atoms with Crippen LogP contribution < -0.4 is 11.1 Å². The topological polar surface area (TPSA) is 88.6 Å². The monoisotopic (exact) mass is 265 g/mol. The Kier molecular flexibility index (Phi) is 4.34.